The number of fused-ring (bicyclic) bond motifs is 1. The maximum atomic E-state index is 12.4. The van der Waals surface area contributed by atoms with Crippen LogP contribution in [-0.4, -0.2) is 23.8 Å². The van der Waals surface area contributed by atoms with Gasteiger partial charge in [0.2, 0.25) is 0 Å². The van der Waals surface area contributed by atoms with Gasteiger partial charge in [0, 0.05) is 12.6 Å². The van der Waals surface area contributed by atoms with Crippen molar-refractivity contribution >= 4 is 6.03 Å². The number of urea groups is 1. The van der Waals surface area contributed by atoms with E-state index in [9.17, 15) is 9.90 Å². The molecule has 0 aliphatic heterocycles. The Balaban J connectivity index is 1.57. The third-order valence-corrected chi connectivity index (χ3v) is 5.47. The Morgan fingerprint density at radius 3 is 2.65 bits per heavy atom. The number of carbonyl (C=O) groups is 1. The summed E-state index contributed by atoms with van der Waals surface area (Å²) in [7, 11) is 0. The zero-order valence-electron chi connectivity index (χ0n) is 14.1. The minimum Gasteiger partial charge on any atom is -0.396 e. The predicted octanol–water partition coefficient (Wildman–Crippen LogP) is 3.08. The molecule has 4 heteroatoms. The first-order valence-corrected chi connectivity index (χ1v) is 8.84. The number of amides is 2. The van der Waals surface area contributed by atoms with Gasteiger partial charge in [-0.25, -0.2) is 4.79 Å². The Kier molecular flexibility index (Phi) is 4.90. The number of benzene rings is 1. The average molecular weight is 316 g/mol. The summed E-state index contributed by atoms with van der Waals surface area (Å²) in [4.78, 5) is 12.4. The van der Waals surface area contributed by atoms with Crippen molar-refractivity contribution in [3.05, 3.63) is 34.9 Å². The molecule has 3 N–H and O–H groups in total. The average Bonchev–Trinajstić information content (AvgIpc) is 2.84. The van der Waals surface area contributed by atoms with Crippen LogP contribution in [0.3, 0.4) is 0 Å². The van der Waals surface area contributed by atoms with Gasteiger partial charge in [-0.15, -0.1) is 0 Å². The Bertz CT molecular complexity index is 564. The molecule has 3 rings (SSSR count). The quantitative estimate of drug-likeness (QED) is 0.802. The van der Waals surface area contributed by atoms with E-state index in [-0.39, 0.29) is 24.7 Å². The van der Waals surface area contributed by atoms with Crippen LogP contribution in [0.1, 0.15) is 55.3 Å². The number of carbonyl (C=O) groups excluding carboxylic acids is 1. The fraction of sp³-hybridized carbons (Fsp3) is 0.632. The van der Waals surface area contributed by atoms with E-state index in [0.717, 1.165) is 32.1 Å². The summed E-state index contributed by atoms with van der Waals surface area (Å²) in [6, 6.07) is 6.84. The van der Waals surface area contributed by atoms with Crippen molar-refractivity contribution in [3.63, 3.8) is 0 Å². The van der Waals surface area contributed by atoms with E-state index in [1.165, 1.54) is 16.7 Å². The highest BCUT2D eigenvalue weighted by atomic mass is 16.3. The van der Waals surface area contributed by atoms with E-state index in [0.29, 0.717) is 11.8 Å². The van der Waals surface area contributed by atoms with Crippen molar-refractivity contribution in [2.45, 2.75) is 58.0 Å². The first kappa shape index (κ1) is 16.3. The second-order valence-corrected chi connectivity index (χ2v) is 7.38. The van der Waals surface area contributed by atoms with Crippen LogP contribution in [0.2, 0.25) is 0 Å². The first-order chi connectivity index (χ1) is 11.1. The predicted molar refractivity (Wildman–Crippen MR) is 91.3 cm³/mol. The molecule has 1 aromatic rings. The van der Waals surface area contributed by atoms with E-state index in [1.54, 1.807) is 0 Å². The third-order valence-electron chi connectivity index (χ3n) is 5.47. The second kappa shape index (κ2) is 6.91. The van der Waals surface area contributed by atoms with Crippen molar-refractivity contribution in [2.24, 2.45) is 11.8 Å². The van der Waals surface area contributed by atoms with Crippen LogP contribution in [0.25, 0.3) is 0 Å². The molecule has 2 unspecified atom stereocenters. The number of aliphatic hydroxyl groups excluding tert-OH is 1. The third kappa shape index (κ3) is 3.69. The molecule has 0 heterocycles. The highest BCUT2D eigenvalue weighted by Gasteiger charge is 2.31. The van der Waals surface area contributed by atoms with Gasteiger partial charge in [-0.05, 0) is 62.0 Å². The Labute approximate surface area is 138 Å². The van der Waals surface area contributed by atoms with Gasteiger partial charge in [-0.2, -0.15) is 0 Å². The van der Waals surface area contributed by atoms with Crippen LogP contribution >= 0.6 is 0 Å². The summed E-state index contributed by atoms with van der Waals surface area (Å²) in [5.74, 6) is 0.850. The molecule has 126 valence electrons. The lowest BCUT2D eigenvalue weighted by atomic mass is 9.87. The van der Waals surface area contributed by atoms with E-state index in [1.807, 2.05) is 0 Å². The maximum absolute atomic E-state index is 12.4. The van der Waals surface area contributed by atoms with Gasteiger partial charge in [0.25, 0.3) is 0 Å². The number of hydrogen-bond acceptors (Lipinski definition) is 2. The lowest BCUT2D eigenvalue weighted by molar-refractivity contribution is 0.173. The maximum Gasteiger partial charge on any atom is 0.315 e. The Hall–Kier alpha value is -1.55. The highest BCUT2D eigenvalue weighted by Crippen LogP contribution is 2.36. The molecule has 0 aromatic heterocycles. The molecule has 2 amide bonds. The SMILES string of the molecule is Cc1ccc2c(c1)C(NC(=O)NC1CCC(CO)CC1)C(C)C2. The summed E-state index contributed by atoms with van der Waals surface area (Å²) in [5.41, 5.74) is 3.88. The summed E-state index contributed by atoms with van der Waals surface area (Å²) >= 11 is 0. The lowest BCUT2D eigenvalue weighted by Gasteiger charge is -2.29. The molecule has 1 aromatic carbocycles. The van der Waals surface area contributed by atoms with Crippen molar-refractivity contribution < 1.29 is 9.90 Å². The smallest absolute Gasteiger partial charge is 0.315 e. The Morgan fingerprint density at radius 2 is 1.96 bits per heavy atom. The van der Waals surface area contributed by atoms with E-state index in [2.05, 4.69) is 42.7 Å². The van der Waals surface area contributed by atoms with Gasteiger partial charge in [-0.3, -0.25) is 0 Å². The number of rotatable bonds is 3. The van der Waals surface area contributed by atoms with Crippen molar-refractivity contribution in [1.82, 2.24) is 10.6 Å². The molecule has 2 aliphatic rings. The van der Waals surface area contributed by atoms with Gasteiger partial charge < -0.3 is 15.7 Å². The summed E-state index contributed by atoms with van der Waals surface area (Å²) < 4.78 is 0. The molecule has 0 saturated heterocycles. The zero-order valence-corrected chi connectivity index (χ0v) is 14.1. The molecule has 2 atom stereocenters. The van der Waals surface area contributed by atoms with Crippen molar-refractivity contribution in [1.29, 1.82) is 0 Å². The summed E-state index contributed by atoms with van der Waals surface area (Å²) in [6.45, 7) is 4.57. The normalized spacial score (nSPS) is 29.9. The van der Waals surface area contributed by atoms with Crippen molar-refractivity contribution in [2.75, 3.05) is 6.61 Å². The van der Waals surface area contributed by atoms with Crippen LogP contribution in [0.15, 0.2) is 18.2 Å². The van der Waals surface area contributed by atoms with Crippen LogP contribution < -0.4 is 10.6 Å². The fourth-order valence-corrected chi connectivity index (χ4v) is 4.04. The lowest BCUT2D eigenvalue weighted by Crippen LogP contribution is -2.45. The molecule has 0 radical (unpaired) electrons. The minimum atomic E-state index is -0.0522. The van der Waals surface area contributed by atoms with Gasteiger partial charge in [0.1, 0.15) is 0 Å². The molecular formula is C19H28N2O2. The molecule has 4 nitrogen and oxygen atoms in total. The molecule has 2 aliphatic carbocycles. The Morgan fingerprint density at radius 1 is 1.22 bits per heavy atom. The second-order valence-electron chi connectivity index (χ2n) is 7.38. The molecule has 0 bridgehead atoms. The molecule has 1 saturated carbocycles. The molecule has 0 spiro atoms. The van der Waals surface area contributed by atoms with Gasteiger partial charge in [0.15, 0.2) is 0 Å². The summed E-state index contributed by atoms with van der Waals surface area (Å²) in [6.07, 6.45) is 4.97. The minimum absolute atomic E-state index is 0.0522. The molecular weight excluding hydrogens is 288 g/mol. The monoisotopic (exact) mass is 316 g/mol. The van der Waals surface area contributed by atoms with E-state index < -0.39 is 0 Å². The largest absolute Gasteiger partial charge is 0.396 e. The number of hydrogen-bond donors (Lipinski definition) is 3. The van der Waals surface area contributed by atoms with Gasteiger partial charge in [-0.1, -0.05) is 30.7 Å². The first-order valence-electron chi connectivity index (χ1n) is 8.84. The topological polar surface area (TPSA) is 61.4 Å². The highest BCUT2D eigenvalue weighted by molar-refractivity contribution is 5.75. The molecule has 1 fully saturated rings. The van der Waals surface area contributed by atoms with E-state index in [4.69, 9.17) is 0 Å². The number of aliphatic hydroxyl groups is 1. The van der Waals surface area contributed by atoms with Gasteiger partial charge >= 0.3 is 6.03 Å². The van der Waals surface area contributed by atoms with E-state index >= 15 is 0 Å². The van der Waals surface area contributed by atoms with Crippen LogP contribution in [0.4, 0.5) is 4.79 Å². The standard InChI is InChI=1S/C19H28N2O2/c1-12-3-6-15-10-13(2)18(17(15)9-12)21-19(23)20-16-7-4-14(11-22)5-8-16/h3,6,9,13-14,16,18,22H,4-5,7-8,10-11H2,1-2H3,(H2,20,21,23). The fourth-order valence-electron chi connectivity index (χ4n) is 4.04. The van der Waals surface area contributed by atoms with Crippen molar-refractivity contribution in [3.8, 4) is 0 Å². The number of aryl methyl sites for hydroxylation is 1. The van der Waals surface area contributed by atoms with Gasteiger partial charge in [0.05, 0.1) is 6.04 Å². The number of nitrogens with one attached hydrogen (secondary N) is 2. The van der Waals surface area contributed by atoms with Crippen LogP contribution in [0.5, 0.6) is 0 Å². The summed E-state index contributed by atoms with van der Waals surface area (Å²) in [5, 5.41) is 15.5. The molecule has 23 heavy (non-hydrogen) atoms. The van der Waals surface area contributed by atoms with Crippen LogP contribution in [0, 0.1) is 18.8 Å². The zero-order chi connectivity index (χ0) is 16.4. The van der Waals surface area contributed by atoms with Crippen LogP contribution in [-0.2, 0) is 6.42 Å².